The van der Waals surface area contributed by atoms with Crippen molar-refractivity contribution in [3.05, 3.63) is 106 Å². The third-order valence-electron chi connectivity index (χ3n) is 11.6. The molecule has 7 rings (SSSR count). The lowest BCUT2D eigenvalue weighted by Crippen LogP contribution is -2.56. The number of amides is 4. The Bertz CT molecular complexity index is 2190. The van der Waals surface area contributed by atoms with E-state index in [4.69, 9.17) is 4.74 Å². The number of piperidine rings is 1. The van der Waals surface area contributed by atoms with E-state index < -0.39 is 28.7 Å². The molecule has 1 aliphatic carbocycles. The van der Waals surface area contributed by atoms with Crippen molar-refractivity contribution in [2.45, 2.75) is 96.6 Å². The van der Waals surface area contributed by atoms with Gasteiger partial charge in [-0.3, -0.25) is 24.0 Å². The minimum absolute atomic E-state index is 0.0321. The van der Waals surface area contributed by atoms with Gasteiger partial charge in [-0.05, 0) is 102 Å². The number of hydrogen-bond donors (Lipinski definition) is 2. The van der Waals surface area contributed by atoms with Crippen molar-refractivity contribution in [1.29, 1.82) is 0 Å². The van der Waals surface area contributed by atoms with Gasteiger partial charge in [0.2, 0.25) is 0 Å². The van der Waals surface area contributed by atoms with Crippen LogP contribution in [0.2, 0.25) is 0 Å². The van der Waals surface area contributed by atoms with Gasteiger partial charge in [0.25, 0.3) is 17.7 Å². The molecule has 2 aromatic heterocycles. The van der Waals surface area contributed by atoms with E-state index in [1.54, 1.807) is 23.2 Å². The van der Waals surface area contributed by atoms with Crippen LogP contribution in [0.3, 0.4) is 0 Å². The van der Waals surface area contributed by atoms with E-state index in [2.05, 4.69) is 20.6 Å². The molecule has 2 aromatic carbocycles. The van der Waals surface area contributed by atoms with Gasteiger partial charge >= 0.3 is 6.09 Å². The lowest BCUT2D eigenvalue weighted by atomic mass is 9.71. The van der Waals surface area contributed by atoms with E-state index in [-0.39, 0.29) is 48.2 Å². The standard InChI is InChI=1S/C43H52F2N8O5/c1-27-32(25-47-53(27)31-14-18-50(19-15-31)41(57)58-42(2,3)4)38(54)48-30-10-8-28(9-11-30)24-46-39(55)36-12-13-37-43(16-7-17-43)51(20-21-52(36)37)26-33-34(44)22-29(23-35(33)45)40(56)49(5)6/h8-13,22-23,25,31H,7,14-21,24,26H2,1-6H3,(H,46,55)(H,48,54). The molecule has 1 spiro atoms. The van der Waals surface area contributed by atoms with E-state index in [0.29, 0.717) is 56.0 Å². The predicted molar refractivity (Wildman–Crippen MR) is 213 cm³/mol. The lowest BCUT2D eigenvalue weighted by molar-refractivity contribution is -0.0229. The van der Waals surface area contributed by atoms with Crippen molar-refractivity contribution < 1.29 is 32.7 Å². The number of nitrogens with one attached hydrogen (secondary N) is 2. The van der Waals surface area contributed by atoms with Crippen LogP contribution in [-0.4, -0.2) is 92.2 Å². The Balaban J connectivity index is 0.934. The van der Waals surface area contributed by atoms with Crippen LogP contribution in [0.4, 0.5) is 19.3 Å². The molecule has 3 aliphatic rings. The Kier molecular flexibility index (Phi) is 11.2. The summed E-state index contributed by atoms with van der Waals surface area (Å²) in [5.74, 6) is -2.46. The van der Waals surface area contributed by atoms with E-state index in [1.165, 1.54) is 19.0 Å². The van der Waals surface area contributed by atoms with Gasteiger partial charge in [0.05, 0.1) is 23.3 Å². The molecule has 13 nitrogen and oxygen atoms in total. The monoisotopic (exact) mass is 798 g/mol. The molecule has 4 heterocycles. The SMILES string of the molecule is Cc1c(C(=O)Nc2ccc(CNC(=O)c3ccc4n3CCN(Cc3c(F)cc(C(=O)N(C)C)cc3F)C43CCC3)cc2)cnn1C1CCN(C(=O)OC(C)(C)C)CC1. The molecule has 2 aliphatic heterocycles. The molecule has 0 bridgehead atoms. The van der Waals surface area contributed by atoms with Gasteiger partial charge in [-0.1, -0.05) is 12.1 Å². The number of ether oxygens (including phenoxy) is 1. The third-order valence-corrected chi connectivity index (χ3v) is 11.6. The maximum absolute atomic E-state index is 15.2. The second kappa shape index (κ2) is 16.0. The summed E-state index contributed by atoms with van der Waals surface area (Å²) in [5.41, 5.74) is 3.07. The van der Waals surface area contributed by atoms with Gasteiger partial charge in [-0.15, -0.1) is 0 Å². The topological polar surface area (TPSA) is 134 Å². The lowest BCUT2D eigenvalue weighted by Gasteiger charge is -2.53. The summed E-state index contributed by atoms with van der Waals surface area (Å²) in [6, 6.07) is 13.3. The van der Waals surface area contributed by atoms with Crippen molar-refractivity contribution in [3.8, 4) is 0 Å². The highest BCUT2D eigenvalue weighted by molar-refractivity contribution is 6.05. The Labute approximate surface area is 337 Å². The summed E-state index contributed by atoms with van der Waals surface area (Å²) in [7, 11) is 3.07. The third kappa shape index (κ3) is 8.09. The molecule has 58 heavy (non-hydrogen) atoms. The average molecular weight is 799 g/mol. The van der Waals surface area contributed by atoms with Crippen LogP contribution < -0.4 is 10.6 Å². The highest BCUT2D eigenvalue weighted by Crippen LogP contribution is 2.49. The van der Waals surface area contributed by atoms with Gasteiger partial charge in [-0.25, -0.2) is 13.6 Å². The fourth-order valence-electron chi connectivity index (χ4n) is 8.36. The van der Waals surface area contributed by atoms with Crippen molar-refractivity contribution in [2.24, 2.45) is 0 Å². The van der Waals surface area contributed by atoms with Gasteiger partial charge < -0.3 is 29.7 Å². The fourth-order valence-corrected chi connectivity index (χ4v) is 8.36. The Morgan fingerprint density at radius 3 is 2.21 bits per heavy atom. The molecular weight excluding hydrogens is 747 g/mol. The summed E-state index contributed by atoms with van der Waals surface area (Å²) < 4.78 is 39.9. The van der Waals surface area contributed by atoms with Gasteiger partial charge in [0, 0.05) is 81.6 Å². The smallest absolute Gasteiger partial charge is 0.410 e. The molecule has 4 aromatic rings. The van der Waals surface area contributed by atoms with Gasteiger partial charge in [0.1, 0.15) is 22.9 Å². The van der Waals surface area contributed by atoms with E-state index >= 15 is 8.78 Å². The van der Waals surface area contributed by atoms with Crippen LogP contribution in [0, 0.1) is 18.6 Å². The quantitative estimate of drug-likeness (QED) is 0.195. The van der Waals surface area contributed by atoms with Gasteiger partial charge in [0.15, 0.2) is 0 Å². The molecule has 308 valence electrons. The molecule has 2 fully saturated rings. The number of rotatable bonds is 9. The number of anilines is 1. The summed E-state index contributed by atoms with van der Waals surface area (Å²) in [5, 5.41) is 10.5. The van der Waals surface area contributed by atoms with Crippen molar-refractivity contribution in [3.63, 3.8) is 0 Å². The van der Waals surface area contributed by atoms with Crippen molar-refractivity contribution in [2.75, 3.05) is 39.0 Å². The summed E-state index contributed by atoms with van der Waals surface area (Å²) in [6.07, 6.45) is 5.24. The Morgan fingerprint density at radius 2 is 1.60 bits per heavy atom. The molecule has 1 saturated carbocycles. The van der Waals surface area contributed by atoms with Crippen LogP contribution in [0.5, 0.6) is 0 Å². The number of carbonyl (C=O) groups is 4. The summed E-state index contributed by atoms with van der Waals surface area (Å²) >= 11 is 0. The van der Waals surface area contributed by atoms with Gasteiger partial charge in [-0.2, -0.15) is 5.10 Å². The highest BCUT2D eigenvalue weighted by Gasteiger charge is 2.49. The molecule has 4 amide bonds. The summed E-state index contributed by atoms with van der Waals surface area (Å²) in [6.45, 7) is 9.82. The predicted octanol–water partition coefficient (Wildman–Crippen LogP) is 6.62. The van der Waals surface area contributed by atoms with Crippen LogP contribution in [-0.2, 0) is 29.9 Å². The molecule has 15 heteroatoms. The largest absolute Gasteiger partial charge is 0.444 e. The maximum atomic E-state index is 15.2. The minimum Gasteiger partial charge on any atom is -0.444 e. The number of hydrogen-bond acceptors (Lipinski definition) is 7. The van der Waals surface area contributed by atoms with Crippen LogP contribution in [0.25, 0.3) is 0 Å². The van der Waals surface area contributed by atoms with E-state index in [9.17, 15) is 19.2 Å². The van der Waals surface area contributed by atoms with Crippen molar-refractivity contribution >= 4 is 29.5 Å². The minimum atomic E-state index is -0.745. The molecule has 0 radical (unpaired) electrons. The number of benzene rings is 2. The zero-order valence-corrected chi connectivity index (χ0v) is 34.0. The number of likely N-dealkylation sites (tertiary alicyclic amines) is 1. The maximum Gasteiger partial charge on any atom is 0.410 e. The van der Waals surface area contributed by atoms with E-state index in [0.717, 1.165) is 48.3 Å². The first kappa shape index (κ1) is 40.6. The molecule has 2 N–H and O–H groups in total. The first-order valence-electron chi connectivity index (χ1n) is 19.9. The first-order chi connectivity index (χ1) is 27.5. The van der Waals surface area contributed by atoms with Crippen LogP contribution >= 0.6 is 0 Å². The normalized spacial score (nSPS) is 16.7. The molecular formula is C43H52F2N8O5. The number of fused-ring (bicyclic) bond motifs is 2. The second-order valence-corrected chi connectivity index (χ2v) is 16.8. The zero-order chi connectivity index (χ0) is 41.5. The number of nitrogens with zero attached hydrogens (tertiary/aromatic N) is 6. The molecule has 0 atom stereocenters. The first-order valence-corrected chi connectivity index (χ1v) is 19.9. The van der Waals surface area contributed by atoms with Crippen molar-refractivity contribution in [1.82, 2.24) is 34.4 Å². The Hall–Kier alpha value is -5.57. The number of halogens is 2. The zero-order valence-electron chi connectivity index (χ0n) is 34.0. The molecule has 0 unspecified atom stereocenters. The van der Waals surface area contributed by atoms with Crippen LogP contribution in [0.1, 0.15) is 113 Å². The Morgan fingerprint density at radius 1 is 0.931 bits per heavy atom. The number of carbonyl (C=O) groups excluding carboxylic acids is 4. The molecule has 1 saturated heterocycles. The fraction of sp³-hybridized carbons (Fsp3) is 0.465. The van der Waals surface area contributed by atoms with E-state index in [1.807, 2.05) is 61.2 Å². The highest BCUT2D eigenvalue weighted by atomic mass is 19.1. The number of aromatic nitrogens is 3. The second-order valence-electron chi connectivity index (χ2n) is 16.8. The average Bonchev–Trinajstić information content (AvgIpc) is 3.78. The van der Waals surface area contributed by atoms with Crippen LogP contribution in [0.15, 0.2) is 54.7 Å². The summed E-state index contributed by atoms with van der Waals surface area (Å²) in [4.78, 5) is 56.7.